The number of halogens is 1. The number of carbonyl (C=O) groups is 3. The minimum atomic E-state index is -0.739. The highest BCUT2D eigenvalue weighted by atomic mass is 19.1. The van der Waals surface area contributed by atoms with Gasteiger partial charge in [-0.1, -0.05) is 6.08 Å². The number of benzene rings is 1. The molecule has 1 heterocycles. The largest absolute Gasteiger partial charge is 0.466 e. The second-order valence-corrected chi connectivity index (χ2v) is 4.74. The first kappa shape index (κ1) is 14.9. The molecule has 0 radical (unpaired) electrons. The van der Waals surface area contributed by atoms with Gasteiger partial charge in [0.15, 0.2) is 0 Å². The highest BCUT2D eigenvalue weighted by molar-refractivity contribution is 6.52. The number of hydrogen-bond donors (Lipinski definition) is 0. The Bertz CT molecular complexity index is 678. The van der Waals surface area contributed by atoms with E-state index in [-0.39, 0.29) is 12.1 Å². The van der Waals surface area contributed by atoms with Crippen molar-refractivity contribution >= 4 is 23.3 Å². The second-order valence-electron chi connectivity index (χ2n) is 4.74. The summed E-state index contributed by atoms with van der Waals surface area (Å²) in [4.78, 5) is 36.4. The lowest BCUT2D eigenvalue weighted by Gasteiger charge is -2.16. The van der Waals surface area contributed by atoms with Crippen molar-refractivity contribution in [3.8, 4) is 0 Å². The molecule has 0 atom stereocenters. The van der Waals surface area contributed by atoms with Crippen LogP contribution in [0.25, 0.3) is 0 Å². The molecule has 1 aromatic carbocycles. The number of anilines is 1. The van der Waals surface area contributed by atoms with Gasteiger partial charge >= 0.3 is 5.97 Å². The molecule has 0 saturated carbocycles. The van der Waals surface area contributed by atoms with Crippen LogP contribution in [0.2, 0.25) is 0 Å². The summed E-state index contributed by atoms with van der Waals surface area (Å²) in [7, 11) is 1.26. The minimum Gasteiger partial charge on any atom is -0.466 e. The number of amides is 1. The van der Waals surface area contributed by atoms with Gasteiger partial charge in [-0.2, -0.15) is 0 Å². The van der Waals surface area contributed by atoms with Crippen LogP contribution in [0.5, 0.6) is 0 Å². The van der Waals surface area contributed by atoms with E-state index in [1.807, 2.05) is 0 Å². The van der Waals surface area contributed by atoms with Gasteiger partial charge < -0.3 is 9.64 Å². The Kier molecular flexibility index (Phi) is 3.88. The maximum atomic E-state index is 13.4. The van der Waals surface area contributed by atoms with Crippen LogP contribution in [0.4, 0.5) is 10.1 Å². The molecule has 0 N–H and O–H groups in total. The van der Waals surface area contributed by atoms with E-state index in [2.05, 4.69) is 4.74 Å². The average molecular weight is 291 g/mol. The fourth-order valence-electron chi connectivity index (χ4n) is 2.25. The van der Waals surface area contributed by atoms with Gasteiger partial charge in [0.25, 0.3) is 11.7 Å². The Morgan fingerprint density at radius 2 is 2.05 bits per heavy atom. The lowest BCUT2D eigenvalue weighted by molar-refractivity contribution is -0.136. The Labute approximate surface area is 121 Å². The third kappa shape index (κ3) is 2.56. The van der Waals surface area contributed by atoms with E-state index < -0.39 is 23.5 Å². The van der Waals surface area contributed by atoms with E-state index in [1.54, 1.807) is 13.8 Å². The number of rotatable bonds is 3. The lowest BCUT2D eigenvalue weighted by atomic mass is 10.1. The molecule has 0 saturated heterocycles. The smallest absolute Gasteiger partial charge is 0.333 e. The first-order valence-corrected chi connectivity index (χ1v) is 6.28. The van der Waals surface area contributed by atoms with E-state index in [4.69, 9.17) is 0 Å². The maximum absolute atomic E-state index is 13.4. The Balaban J connectivity index is 2.38. The Morgan fingerprint density at radius 3 is 2.67 bits per heavy atom. The van der Waals surface area contributed by atoms with E-state index in [9.17, 15) is 18.8 Å². The molecule has 0 aromatic heterocycles. The Morgan fingerprint density at radius 1 is 1.38 bits per heavy atom. The van der Waals surface area contributed by atoms with Crippen molar-refractivity contribution in [1.82, 2.24) is 0 Å². The quantitative estimate of drug-likeness (QED) is 0.484. The van der Waals surface area contributed by atoms with Crippen LogP contribution >= 0.6 is 0 Å². The number of carbonyl (C=O) groups excluding carboxylic acids is 3. The summed E-state index contributed by atoms with van der Waals surface area (Å²) in [6.45, 7) is 3.22. The van der Waals surface area contributed by atoms with Gasteiger partial charge in [-0.25, -0.2) is 9.18 Å². The second kappa shape index (κ2) is 5.47. The minimum absolute atomic E-state index is 0.0466. The predicted octanol–water partition coefficient (Wildman–Crippen LogP) is 1.78. The zero-order valence-corrected chi connectivity index (χ0v) is 11.9. The first-order chi connectivity index (χ1) is 9.86. The van der Waals surface area contributed by atoms with E-state index in [0.29, 0.717) is 16.8 Å². The van der Waals surface area contributed by atoms with Crippen molar-refractivity contribution in [2.75, 3.05) is 18.6 Å². The van der Waals surface area contributed by atoms with E-state index in [1.165, 1.54) is 24.2 Å². The van der Waals surface area contributed by atoms with Gasteiger partial charge in [-0.15, -0.1) is 0 Å². The molecule has 21 heavy (non-hydrogen) atoms. The summed E-state index contributed by atoms with van der Waals surface area (Å²) in [6, 6.07) is 2.31. The van der Waals surface area contributed by atoms with Crippen LogP contribution in [0.1, 0.15) is 22.8 Å². The summed E-state index contributed by atoms with van der Waals surface area (Å²) < 4.78 is 17.9. The van der Waals surface area contributed by atoms with Crippen molar-refractivity contribution < 1.29 is 23.5 Å². The van der Waals surface area contributed by atoms with Crippen LogP contribution < -0.4 is 4.90 Å². The van der Waals surface area contributed by atoms with Gasteiger partial charge in [0.05, 0.1) is 18.4 Å². The summed E-state index contributed by atoms with van der Waals surface area (Å²) >= 11 is 0. The van der Waals surface area contributed by atoms with Crippen molar-refractivity contribution in [3.05, 3.63) is 40.7 Å². The van der Waals surface area contributed by atoms with Crippen molar-refractivity contribution in [3.63, 3.8) is 0 Å². The van der Waals surface area contributed by atoms with Gasteiger partial charge in [0.1, 0.15) is 5.82 Å². The van der Waals surface area contributed by atoms with Gasteiger partial charge in [-0.3, -0.25) is 9.59 Å². The monoisotopic (exact) mass is 291 g/mol. The molecule has 5 nitrogen and oxygen atoms in total. The van der Waals surface area contributed by atoms with Crippen molar-refractivity contribution in [1.29, 1.82) is 0 Å². The molecule has 0 unspecified atom stereocenters. The number of fused-ring (bicyclic) bond motifs is 1. The third-order valence-electron chi connectivity index (χ3n) is 3.31. The normalized spacial score (nSPS) is 14.5. The summed E-state index contributed by atoms with van der Waals surface area (Å²) in [5.74, 6) is -2.54. The summed E-state index contributed by atoms with van der Waals surface area (Å²) in [5.41, 5.74) is 1.27. The number of esters is 1. The molecule has 0 spiro atoms. The fourth-order valence-corrected chi connectivity index (χ4v) is 2.25. The fraction of sp³-hybridized carbons (Fsp3) is 0.267. The zero-order valence-electron chi connectivity index (χ0n) is 11.9. The number of ketones is 1. The number of methoxy groups -OCH3 is 1. The molecule has 1 aromatic rings. The molecule has 0 aliphatic carbocycles. The SMILES string of the molecule is COC(=O)/C(C)=C/CN1C(=O)C(=O)c2cc(F)cc(C)c21. The average Bonchev–Trinajstić information content (AvgIpc) is 2.68. The van der Waals surface area contributed by atoms with Gasteiger partial charge in [0.2, 0.25) is 0 Å². The van der Waals surface area contributed by atoms with E-state index in [0.717, 1.165) is 6.07 Å². The molecule has 1 aliphatic heterocycles. The first-order valence-electron chi connectivity index (χ1n) is 6.28. The molecule has 2 rings (SSSR count). The molecular weight excluding hydrogens is 277 g/mol. The predicted molar refractivity (Wildman–Crippen MR) is 73.6 cm³/mol. The standard InChI is InChI=1S/C15H14FNO4/c1-8(15(20)21-3)4-5-17-12-9(2)6-10(16)7-11(12)13(18)14(17)19/h4,6-7H,5H2,1-3H3/b8-4+. The Hall–Kier alpha value is -2.50. The van der Waals surface area contributed by atoms with Crippen LogP contribution in [0.3, 0.4) is 0 Å². The molecule has 6 heteroatoms. The van der Waals surface area contributed by atoms with Crippen molar-refractivity contribution in [2.45, 2.75) is 13.8 Å². The summed E-state index contributed by atoms with van der Waals surface area (Å²) in [6.07, 6.45) is 1.49. The molecular formula is C15H14FNO4. The lowest BCUT2D eigenvalue weighted by Crippen LogP contribution is -2.30. The zero-order chi connectivity index (χ0) is 15.7. The number of ether oxygens (including phenoxy) is 1. The van der Waals surface area contributed by atoms with Crippen molar-refractivity contribution in [2.24, 2.45) is 0 Å². The topological polar surface area (TPSA) is 63.7 Å². The number of aryl methyl sites for hydroxylation is 1. The van der Waals surface area contributed by atoms with E-state index >= 15 is 0 Å². The molecule has 0 bridgehead atoms. The highest BCUT2D eigenvalue weighted by Gasteiger charge is 2.36. The van der Waals surface area contributed by atoms with Crippen LogP contribution in [-0.4, -0.2) is 31.3 Å². The van der Waals surface area contributed by atoms with Crippen LogP contribution in [0, 0.1) is 12.7 Å². The van der Waals surface area contributed by atoms with Crippen LogP contribution in [0.15, 0.2) is 23.8 Å². The number of nitrogens with zero attached hydrogens (tertiary/aromatic N) is 1. The maximum Gasteiger partial charge on any atom is 0.333 e. The molecule has 1 aliphatic rings. The van der Waals surface area contributed by atoms with Gasteiger partial charge in [-0.05, 0) is 31.5 Å². The molecule has 1 amide bonds. The number of hydrogen-bond acceptors (Lipinski definition) is 4. The molecule has 110 valence electrons. The third-order valence-corrected chi connectivity index (χ3v) is 3.31. The van der Waals surface area contributed by atoms with Gasteiger partial charge in [0, 0.05) is 12.1 Å². The number of Topliss-reactive ketones (excluding diaryl/α,β-unsaturated/α-hetero) is 1. The molecule has 0 fully saturated rings. The van der Waals surface area contributed by atoms with Crippen LogP contribution in [-0.2, 0) is 14.3 Å². The summed E-state index contributed by atoms with van der Waals surface area (Å²) in [5, 5.41) is 0. The highest BCUT2D eigenvalue weighted by Crippen LogP contribution is 2.33.